The largest absolute Gasteiger partial charge is 0.328 e. The molecule has 0 spiro atoms. The second kappa shape index (κ2) is 6.28. The SMILES string of the molecule is CCCN(C(C)C)C1(CN)CCC(C)c2ccccc21. The quantitative estimate of drug-likeness (QED) is 0.883. The summed E-state index contributed by atoms with van der Waals surface area (Å²) in [7, 11) is 0. The van der Waals surface area contributed by atoms with Gasteiger partial charge in [0, 0.05) is 12.6 Å². The zero-order valence-electron chi connectivity index (χ0n) is 13.5. The highest BCUT2D eigenvalue weighted by Gasteiger charge is 2.42. The van der Waals surface area contributed by atoms with Crippen LogP contribution in [0.1, 0.15) is 64.0 Å². The molecule has 20 heavy (non-hydrogen) atoms. The zero-order chi connectivity index (χ0) is 14.8. The van der Waals surface area contributed by atoms with Crippen LogP contribution in [0.5, 0.6) is 0 Å². The highest BCUT2D eigenvalue weighted by atomic mass is 15.2. The first-order chi connectivity index (χ1) is 9.56. The minimum Gasteiger partial charge on any atom is -0.328 e. The van der Waals surface area contributed by atoms with Gasteiger partial charge in [0.15, 0.2) is 0 Å². The Morgan fingerprint density at radius 3 is 2.65 bits per heavy atom. The summed E-state index contributed by atoms with van der Waals surface area (Å²) in [5.41, 5.74) is 9.34. The van der Waals surface area contributed by atoms with Crippen LogP contribution in [0.2, 0.25) is 0 Å². The molecule has 0 heterocycles. The van der Waals surface area contributed by atoms with Gasteiger partial charge in [-0.3, -0.25) is 4.90 Å². The molecule has 2 unspecified atom stereocenters. The molecule has 0 saturated carbocycles. The molecule has 0 aromatic heterocycles. The van der Waals surface area contributed by atoms with Crippen LogP contribution in [0, 0.1) is 0 Å². The maximum Gasteiger partial charge on any atom is 0.0588 e. The molecule has 0 fully saturated rings. The van der Waals surface area contributed by atoms with Gasteiger partial charge in [-0.15, -0.1) is 0 Å². The van der Waals surface area contributed by atoms with Gasteiger partial charge in [0.1, 0.15) is 0 Å². The fraction of sp³-hybridized carbons (Fsp3) is 0.667. The van der Waals surface area contributed by atoms with E-state index >= 15 is 0 Å². The van der Waals surface area contributed by atoms with Gasteiger partial charge in [0.05, 0.1) is 5.54 Å². The Hall–Kier alpha value is -0.860. The van der Waals surface area contributed by atoms with Crippen LogP contribution in [0.3, 0.4) is 0 Å². The van der Waals surface area contributed by atoms with Gasteiger partial charge in [-0.2, -0.15) is 0 Å². The number of hydrogen-bond acceptors (Lipinski definition) is 2. The van der Waals surface area contributed by atoms with Gasteiger partial charge in [-0.25, -0.2) is 0 Å². The summed E-state index contributed by atoms with van der Waals surface area (Å²) in [6, 6.07) is 9.48. The van der Waals surface area contributed by atoms with Gasteiger partial charge in [0.25, 0.3) is 0 Å². The summed E-state index contributed by atoms with van der Waals surface area (Å²) in [6.07, 6.45) is 3.60. The summed E-state index contributed by atoms with van der Waals surface area (Å²) in [5.74, 6) is 0.654. The zero-order valence-corrected chi connectivity index (χ0v) is 13.5. The number of fused-ring (bicyclic) bond motifs is 1. The number of nitrogens with two attached hydrogens (primary N) is 1. The molecule has 2 heteroatoms. The Bertz CT molecular complexity index is 441. The molecule has 0 saturated heterocycles. The lowest BCUT2D eigenvalue weighted by Gasteiger charge is -2.50. The van der Waals surface area contributed by atoms with E-state index in [9.17, 15) is 0 Å². The normalized spacial score (nSPS) is 26.1. The fourth-order valence-electron chi connectivity index (χ4n) is 3.93. The highest BCUT2D eigenvalue weighted by molar-refractivity contribution is 5.39. The molecule has 0 amide bonds. The lowest BCUT2D eigenvalue weighted by atomic mass is 9.71. The van der Waals surface area contributed by atoms with Gasteiger partial charge >= 0.3 is 0 Å². The van der Waals surface area contributed by atoms with Crippen LogP contribution in [0.15, 0.2) is 24.3 Å². The van der Waals surface area contributed by atoms with Crippen molar-refractivity contribution in [3.05, 3.63) is 35.4 Å². The molecule has 2 nitrogen and oxygen atoms in total. The molecular formula is C18H30N2. The van der Waals surface area contributed by atoms with E-state index in [4.69, 9.17) is 5.73 Å². The topological polar surface area (TPSA) is 29.3 Å². The summed E-state index contributed by atoms with van der Waals surface area (Å²) in [6.45, 7) is 11.0. The Morgan fingerprint density at radius 1 is 1.35 bits per heavy atom. The molecule has 2 rings (SSSR count). The summed E-state index contributed by atoms with van der Waals surface area (Å²) >= 11 is 0. The highest BCUT2D eigenvalue weighted by Crippen LogP contribution is 2.45. The molecule has 1 aliphatic rings. The van der Waals surface area contributed by atoms with Crippen LogP contribution >= 0.6 is 0 Å². The molecule has 1 aromatic rings. The lowest BCUT2D eigenvalue weighted by Crippen LogP contribution is -2.56. The molecule has 0 radical (unpaired) electrons. The second-order valence-electron chi connectivity index (χ2n) is 6.55. The molecule has 1 aliphatic carbocycles. The minimum atomic E-state index is 0.0350. The van der Waals surface area contributed by atoms with Crippen molar-refractivity contribution >= 4 is 0 Å². The third-order valence-electron chi connectivity index (χ3n) is 4.96. The number of benzene rings is 1. The van der Waals surface area contributed by atoms with Crippen molar-refractivity contribution in [2.45, 2.75) is 64.5 Å². The molecule has 112 valence electrons. The average Bonchev–Trinajstić information content (AvgIpc) is 2.46. The smallest absolute Gasteiger partial charge is 0.0588 e. The monoisotopic (exact) mass is 274 g/mol. The van der Waals surface area contributed by atoms with E-state index < -0.39 is 0 Å². The van der Waals surface area contributed by atoms with Crippen molar-refractivity contribution in [3.63, 3.8) is 0 Å². The molecular weight excluding hydrogens is 244 g/mol. The van der Waals surface area contributed by atoms with E-state index in [0.29, 0.717) is 12.0 Å². The van der Waals surface area contributed by atoms with Crippen molar-refractivity contribution in [1.29, 1.82) is 0 Å². The van der Waals surface area contributed by atoms with Crippen molar-refractivity contribution < 1.29 is 0 Å². The Morgan fingerprint density at radius 2 is 2.05 bits per heavy atom. The summed E-state index contributed by atoms with van der Waals surface area (Å²) in [5, 5.41) is 0. The Balaban J connectivity index is 2.52. The van der Waals surface area contributed by atoms with E-state index in [1.807, 2.05) is 0 Å². The first-order valence-corrected chi connectivity index (χ1v) is 8.13. The van der Waals surface area contributed by atoms with Crippen molar-refractivity contribution in [2.24, 2.45) is 5.73 Å². The van der Waals surface area contributed by atoms with Crippen molar-refractivity contribution in [3.8, 4) is 0 Å². The number of nitrogens with zero attached hydrogens (tertiary/aromatic N) is 1. The van der Waals surface area contributed by atoms with Gasteiger partial charge in [-0.05, 0) is 56.7 Å². The van der Waals surface area contributed by atoms with Gasteiger partial charge < -0.3 is 5.73 Å². The molecule has 2 N–H and O–H groups in total. The minimum absolute atomic E-state index is 0.0350. The molecule has 1 aromatic carbocycles. The number of rotatable bonds is 5. The van der Waals surface area contributed by atoms with Crippen molar-refractivity contribution in [2.75, 3.05) is 13.1 Å². The maximum absolute atomic E-state index is 6.33. The second-order valence-corrected chi connectivity index (χ2v) is 6.55. The summed E-state index contributed by atoms with van der Waals surface area (Å²) in [4.78, 5) is 2.64. The fourth-order valence-corrected chi connectivity index (χ4v) is 3.93. The van der Waals surface area contributed by atoms with Crippen molar-refractivity contribution in [1.82, 2.24) is 4.90 Å². The third-order valence-corrected chi connectivity index (χ3v) is 4.96. The van der Waals surface area contributed by atoms with Crippen LogP contribution in [-0.4, -0.2) is 24.0 Å². The first-order valence-electron chi connectivity index (χ1n) is 8.13. The van der Waals surface area contributed by atoms with E-state index in [2.05, 4.69) is 56.9 Å². The first kappa shape index (κ1) is 15.5. The molecule has 2 atom stereocenters. The summed E-state index contributed by atoms with van der Waals surface area (Å²) < 4.78 is 0. The van der Waals surface area contributed by atoms with Crippen LogP contribution in [-0.2, 0) is 5.54 Å². The predicted octanol–water partition coefficient (Wildman–Crippen LogP) is 3.86. The predicted molar refractivity (Wildman–Crippen MR) is 87.0 cm³/mol. The molecule has 0 aliphatic heterocycles. The maximum atomic E-state index is 6.33. The van der Waals surface area contributed by atoms with Gasteiger partial charge in [0.2, 0.25) is 0 Å². The average molecular weight is 274 g/mol. The lowest BCUT2D eigenvalue weighted by molar-refractivity contribution is 0.0408. The van der Waals surface area contributed by atoms with Gasteiger partial charge in [-0.1, -0.05) is 38.1 Å². The van der Waals surface area contributed by atoms with Crippen LogP contribution < -0.4 is 5.73 Å². The standard InChI is InChI=1S/C18H30N2/c1-5-12-20(14(2)3)18(13-19)11-10-15(4)16-8-6-7-9-17(16)18/h6-9,14-15H,5,10-13,19H2,1-4H3. The van der Waals surface area contributed by atoms with E-state index in [-0.39, 0.29) is 5.54 Å². The molecule has 0 bridgehead atoms. The third kappa shape index (κ3) is 2.51. The number of hydrogen-bond donors (Lipinski definition) is 1. The Kier molecular flexibility index (Phi) is 4.87. The Labute approximate surface area is 124 Å². The van der Waals surface area contributed by atoms with E-state index in [1.165, 1.54) is 30.4 Å². The van der Waals surface area contributed by atoms with E-state index in [1.54, 1.807) is 0 Å². The van der Waals surface area contributed by atoms with E-state index in [0.717, 1.165) is 13.1 Å². The van der Waals surface area contributed by atoms with Crippen LogP contribution in [0.4, 0.5) is 0 Å². The van der Waals surface area contributed by atoms with Crippen LogP contribution in [0.25, 0.3) is 0 Å².